The minimum Gasteiger partial charge on any atom is -0.486 e. The van der Waals surface area contributed by atoms with Gasteiger partial charge in [-0.3, -0.25) is 4.57 Å². The number of nitrogens with zero attached hydrogens (tertiary/aromatic N) is 5. The smallest absolute Gasteiger partial charge is 0.191 e. The Morgan fingerprint density at radius 1 is 1.24 bits per heavy atom. The van der Waals surface area contributed by atoms with Crippen LogP contribution in [0.25, 0.3) is 5.65 Å². The Bertz CT molecular complexity index is 1120. The molecule has 0 fully saturated rings. The summed E-state index contributed by atoms with van der Waals surface area (Å²) in [4.78, 5) is 4.63. The second-order valence-electron chi connectivity index (χ2n) is 6.48. The molecule has 0 saturated carbocycles. The van der Waals surface area contributed by atoms with Gasteiger partial charge in [-0.05, 0) is 42.8 Å². The highest BCUT2D eigenvalue weighted by Gasteiger charge is 2.13. The summed E-state index contributed by atoms with van der Waals surface area (Å²) in [6.45, 7) is 6.72. The zero-order valence-corrected chi connectivity index (χ0v) is 17.5. The van der Waals surface area contributed by atoms with Gasteiger partial charge >= 0.3 is 0 Å². The van der Waals surface area contributed by atoms with Gasteiger partial charge in [0.15, 0.2) is 11.0 Å². The molecule has 6 nitrogen and oxygen atoms in total. The number of imidazole rings is 1. The highest BCUT2D eigenvalue weighted by Crippen LogP contribution is 2.24. The summed E-state index contributed by atoms with van der Waals surface area (Å²) in [5.41, 5.74) is 2.90. The van der Waals surface area contributed by atoms with Crippen LogP contribution in [-0.2, 0) is 18.9 Å². The third-order valence-corrected chi connectivity index (χ3v) is 5.79. The number of rotatable bonds is 8. The fraction of sp³-hybridized carbons (Fsp3) is 0.190. The molecule has 0 spiro atoms. The molecule has 4 rings (SSSR count). The Balaban J connectivity index is 1.46. The Morgan fingerprint density at radius 2 is 2.14 bits per heavy atom. The number of benzene rings is 1. The molecule has 4 aromatic rings. The molecule has 0 aliphatic heterocycles. The molecule has 29 heavy (non-hydrogen) atoms. The van der Waals surface area contributed by atoms with Crippen LogP contribution in [0.4, 0.5) is 0 Å². The molecular formula is C21H20ClN5OS. The van der Waals surface area contributed by atoms with Crippen molar-refractivity contribution in [2.75, 3.05) is 0 Å². The largest absolute Gasteiger partial charge is 0.486 e. The van der Waals surface area contributed by atoms with E-state index in [1.165, 1.54) is 0 Å². The monoisotopic (exact) mass is 425 g/mol. The fourth-order valence-corrected chi connectivity index (χ4v) is 3.86. The highest BCUT2D eigenvalue weighted by molar-refractivity contribution is 7.98. The molecule has 0 amide bonds. The quantitative estimate of drug-likeness (QED) is 0.295. The molecule has 8 heteroatoms. The van der Waals surface area contributed by atoms with E-state index in [-0.39, 0.29) is 0 Å². The Kier molecular flexibility index (Phi) is 5.87. The van der Waals surface area contributed by atoms with Crippen LogP contribution in [0.15, 0.2) is 66.6 Å². The average molecular weight is 426 g/mol. The summed E-state index contributed by atoms with van der Waals surface area (Å²) in [6, 6.07) is 11.5. The Labute approximate surface area is 178 Å². The number of hydrogen-bond acceptors (Lipinski definition) is 5. The first-order chi connectivity index (χ1) is 14.1. The minimum atomic E-state index is 0.316. The van der Waals surface area contributed by atoms with Gasteiger partial charge in [0.25, 0.3) is 0 Å². The first kappa shape index (κ1) is 19.5. The van der Waals surface area contributed by atoms with Crippen molar-refractivity contribution in [3.8, 4) is 5.75 Å². The first-order valence-corrected chi connectivity index (χ1v) is 10.5. The van der Waals surface area contributed by atoms with Gasteiger partial charge in [-0.25, -0.2) is 4.98 Å². The third-order valence-electron chi connectivity index (χ3n) is 4.37. The Hall–Kier alpha value is -2.77. The predicted octanol–water partition coefficient (Wildman–Crippen LogP) is 4.94. The van der Waals surface area contributed by atoms with Crippen LogP contribution >= 0.6 is 23.4 Å². The van der Waals surface area contributed by atoms with Crippen LogP contribution in [0.3, 0.4) is 0 Å². The fourth-order valence-electron chi connectivity index (χ4n) is 2.90. The Morgan fingerprint density at radius 3 is 2.93 bits per heavy atom. The van der Waals surface area contributed by atoms with Crippen LogP contribution in [-0.4, -0.2) is 24.1 Å². The summed E-state index contributed by atoms with van der Waals surface area (Å²) in [6.07, 6.45) is 5.85. The van der Waals surface area contributed by atoms with Crippen molar-refractivity contribution in [3.63, 3.8) is 0 Å². The number of pyridine rings is 1. The van der Waals surface area contributed by atoms with Crippen molar-refractivity contribution < 1.29 is 4.74 Å². The molecule has 0 aliphatic carbocycles. The standard InChI is InChI=1S/C21H20ClN5OS/c1-3-9-27-20(13-28-17-7-8-18(22)15(2)11-17)24-25-21(27)29-14-16-12-26-10-5-4-6-19(26)23-16/h3-8,10-12H,1,9,13-14H2,2H3. The van der Waals surface area contributed by atoms with Gasteiger partial charge in [-0.15, -0.1) is 16.8 Å². The maximum absolute atomic E-state index is 6.08. The van der Waals surface area contributed by atoms with E-state index in [2.05, 4.69) is 21.8 Å². The number of halogens is 1. The van der Waals surface area contributed by atoms with Gasteiger partial charge in [-0.1, -0.05) is 35.5 Å². The van der Waals surface area contributed by atoms with Crippen LogP contribution in [0.5, 0.6) is 5.75 Å². The van der Waals surface area contributed by atoms with Gasteiger partial charge in [0.05, 0.1) is 5.69 Å². The lowest BCUT2D eigenvalue weighted by molar-refractivity contribution is 0.289. The number of allylic oxidation sites excluding steroid dienone is 1. The number of fused-ring (bicyclic) bond motifs is 1. The van der Waals surface area contributed by atoms with Crippen LogP contribution in [0.2, 0.25) is 5.02 Å². The molecule has 3 aromatic heterocycles. The van der Waals surface area contributed by atoms with E-state index in [9.17, 15) is 0 Å². The van der Waals surface area contributed by atoms with Crippen molar-refractivity contribution in [2.45, 2.75) is 31.0 Å². The number of hydrogen-bond donors (Lipinski definition) is 0. The second-order valence-corrected chi connectivity index (χ2v) is 7.83. The normalized spacial score (nSPS) is 11.1. The third kappa shape index (κ3) is 4.46. The summed E-state index contributed by atoms with van der Waals surface area (Å²) in [7, 11) is 0. The van der Waals surface area contributed by atoms with E-state index in [0.717, 1.165) is 38.7 Å². The van der Waals surface area contributed by atoms with Crippen LogP contribution < -0.4 is 4.74 Å². The van der Waals surface area contributed by atoms with E-state index in [4.69, 9.17) is 16.3 Å². The molecule has 0 saturated heterocycles. The van der Waals surface area contributed by atoms with Gasteiger partial charge in [0.2, 0.25) is 0 Å². The van der Waals surface area contributed by atoms with Gasteiger partial charge in [0, 0.05) is 29.7 Å². The maximum Gasteiger partial charge on any atom is 0.191 e. The molecule has 0 bridgehead atoms. The number of aryl methyl sites for hydroxylation is 1. The average Bonchev–Trinajstić information content (AvgIpc) is 3.31. The van der Waals surface area contributed by atoms with E-state index < -0.39 is 0 Å². The number of aromatic nitrogens is 5. The topological polar surface area (TPSA) is 57.2 Å². The lowest BCUT2D eigenvalue weighted by Gasteiger charge is -2.09. The maximum atomic E-state index is 6.08. The molecule has 0 radical (unpaired) electrons. The molecule has 0 N–H and O–H groups in total. The van der Waals surface area contributed by atoms with Crippen molar-refractivity contribution in [1.29, 1.82) is 0 Å². The SMILES string of the molecule is C=CCn1c(COc2ccc(Cl)c(C)c2)nnc1SCc1cn2ccccc2n1. The second kappa shape index (κ2) is 8.71. The highest BCUT2D eigenvalue weighted by atomic mass is 35.5. The molecular weight excluding hydrogens is 406 g/mol. The van der Waals surface area contributed by atoms with Gasteiger partial charge in [0.1, 0.15) is 18.0 Å². The first-order valence-electron chi connectivity index (χ1n) is 9.11. The van der Waals surface area contributed by atoms with E-state index in [1.54, 1.807) is 11.8 Å². The van der Waals surface area contributed by atoms with Crippen molar-refractivity contribution in [3.05, 3.63) is 83.6 Å². The molecule has 0 unspecified atom stereocenters. The lowest BCUT2D eigenvalue weighted by Crippen LogP contribution is -2.07. The van der Waals surface area contributed by atoms with E-state index >= 15 is 0 Å². The van der Waals surface area contributed by atoms with Gasteiger partial charge in [-0.2, -0.15) is 0 Å². The van der Waals surface area contributed by atoms with E-state index in [0.29, 0.717) is 18.9 Å². The lowest BCUT2D eigenvalue weighted by atomic mass is 10.2. The van der Waals surface area contributed by atoms with Crippen LogP contribution in [0.1, 0.15) is 17.1 Å². The summed E-state index contributed by atoms with van der Waals surface area (Å²) in [5.74, 6) is 2.20. The minimum absolute atomic E-state index is 0.316. The van der Waals surface area contributed by atoms with Crippen LogP contribution in [0, 0.1) is 6.92 Å². The number of thioether (sulfide) groups is 1. The van der Waals surface area contributed by atoms with Crippen molar-refractivity contribution >= 4 is 29.0 Å². The summed E-state index contributed by atoms with van der Waals surface area (Å²) in [5, 5.41) is 10.2. The van der Waals surface area contributed by atoms with E-state index in [1.807, 2.05) is 70.8 Å². The van der Waals surface area contributed by atoms with Crippen molar-refractivity contribution in [1.82, 2.24) is 24.1 Å². The molecule has 0 aliphatic rings. The molecule has 148 valence electrons. The van der Waals surface area contributed by atoms with Gasteiger partial charge < -0.3 is 9.14 Å². The molecule has 3 heterocycles. The molecule has 1 aromatic carbocycles. The zero-order chi connectivity index (χ0) is 20.2. The molecule has 0 atom stereocenters. The van der Waals surface area contributed by atoms with Crippen molar-refractivity contribution in [2.24, 2.45) is 0 Å². The zero-order valence-electron chi connectivity index (χ0n) is 16.0. The predicted molar refractivity (Wildman–Crippen MR) is 115 cm³/mol. The number of ether oxygens (including phenoxy) is 1. The summed E-state index contributed by atoms with van der Waals surface area (Å²) >= 11 is 7.67. The summed E-state index contributed by atoms with van der Waals surface area (Å²) < 4.78 is 9.91.